The van der Waals surface area contributed by atoms with E-state index in [-0.39, 0.29) is 0 Å². The maximum absolute atomic E-state index is 5.36. The molecule has 0 bridgehead atoms. The van der Waals surface area contributed by atoms with E-state index in [0.29, 0.717) is 0 Å². The van der Waals surface area contributed by atoms with E-state index in [1.54, 1.807) is 17.9 Å². The van der Waals surface area contributed by atoms with Gasteiger partial charge < -0.3 is 4.74 Å². The first-order chi connectivity index (χ1) is 11.3. The Balaban J connectivity index is 1.83. The molecule has 1 nitrogen and oxygen atoms in total. The molecule has 0 aromatic heterocycles. The highest BCUT2D eigenvalue weighted by molar-refractivity contribution is 6.99. The van der Waals surface area contributed by atoms with Crippen molar-refractivity contribution in [3.8, 4) is 5.75 Å². The van der Waals surface area contributed by atoms with Crippen LogP contribution in [0.15, 0.2) is 59.8 Å². The van der Waals surface area contributed by atoms with Gasteiger partial charge in [-0.1, -0.05) is 65.7 Å². The van der Waals surface area contributed by atoms with E-state index in [4.69, 9.17) is 4.74 Å². The Bertz CT molecular complexity index is 717. The van der Waals surface area contributed by atoms with Gasteiger partial charge in [0.15, 0.2) is 0 Å². The molecule has 0 unspecified atom stereocenters. The van der Waals surface area contributed by atoms with Crippen LogP contribution in [0.4, 0.5) is 0 Å². The number of benzene rings is 2. The molecule has 2 aliphatic heterocycles. The molecule has 0 saturated carbocycles. The average Bonchev–Trinajstić information content (AvgIpc) is 3.08. The van der Waals surface area contributed by atoms with Crippen molar-refractivity contribution in [1.29, 1.82) is 0 Å². The number of fused-ring (bicyclic) bond motifs is 1. The lowest BCUT2D eigenvalue weighted by atomic mass is 9.99. The summed E-state index contributed by atoms with van der Waals surface area (Å²) in [5, 5.41) is 3.47. The molecule has 0 amide bonds. The van der Waals surface area contributed by atoms with Crippen LogP contribution in [-0.2, 0) is 0 Å². The number of methoxy groups -OCH3 is 1. The van der Waals surface area contributed by atoms with Crippen molar-refractivity contribution in [2.75, 3.05) is 7.11 Å². The summed E-state index contributed by atoms with van der Waals surface area (Å²) in [4.78, 5) is 0. The lowest BCUT2D eigenvalue weighted by Crippen LogP contribution is -2.48. The van der Waals surface area contributed by atoms with Gasteiger partial charge in [-0.2, -0.15) is 0 Å². The van der Waals surface area contributed by atoms with E-state index in [1.165, 1.54) is 43.3 Å². The van der Waals surface area contributed by atoms with Gasteiger partial charge in [-0.25, -0.2) is 0 Å². The molecule has 2 heteroatoms. The van der Waals surface area contributed by atoms with E-state index < -0.39 is 8.07 Å². The standard InChI is InChI=1S/C21H24OSi/c1-22-18-11-13-19(14-12-18)23-15-5-9-20(21(23)10-6-16-23)17-7-3-2-4-8-17/h2-4,7-8,11-14H,5-6,9-10,15-16H2,1H3/t23-/m1/s1. The molecule has 118 valence electrons. The van der Waals surface area contributed by atoms with Crippen molar-refractivity contribution in [3.05, 3.63) is 65.4 Å². The monoisotopic (exact) mass is 320 g/mol. The Morgan fingerprint density at radius 3 is 2.22 bits per heavy atom. The number of ether oxygens (including phenoxy) is 1. The molecule has 2 aromatic rings. The summed E-state index contributed by atoms with van der Waals surface area (Å²) in [6.07, 6.45) is 5.32. The summed E-state index contributed by atoms with van der Waals surface area (Å²) in [5.41, 5.74) is 3.14. The van der Waals surface area contributed by atoms with Gasteiger partial charge >= 0.3 is 0 Å². The third-order valence-corrected chi connectivity index (χ3v) is 11.3. The van der Waals surface area contributed by atoms with Crippen molar-refractivity contribution in [1.82, 2.24) is 0 Å². The summed E-state index contributed by atoms with van der Waals surface area (Å²) in [5.74, 6) is 0.974. The predicted octanol–water partition coefficient (Wildman–Crippen LogP) is 4.93. The fraction of sp³-hybridized carbons (Fsp3) is 0.333. The molecular formula is C21H24OSi. The molecule has 1 atom stereocenters. The number of hydrogen-bond donors (Lipinski definition) is 0. The lowest BCUT2D eigenvalue weighted by Gasteiger charge is -2.36. The van der Waals surface area contributed by atoms with Crippen molar-refractivity contribution in [3.63, 3.8) is 0 Å². The van der Waals surface area contributed by atoms with Crippen LogP contribution in [0.2, 0.25) is 12.1 Å². The van der Waals surface area contributed by atoms with Crippen LogP contribution in [0.3, 0.4) is 0 Å². The molecule has 1 saturated heterocycles. The maximum atomic E-state index is 5.36. The van der Waals surface area contributed by atoms with Gasteiger partial charge in [0.25, 0.3) is 0 Å². The average molecular weight is 321 g/mol. The predicted molar refractivity (Wildman–Crippen MR) is 99.8 cm³/mol. The molecule has 1 fully saturated rings. The van der Waals surface area contributed by atoms with Crippen LogP contribution in [0.1, 0.15) is 31.2 Å². The first-order valence-corrected chi connectivity index (χ1v) is 11.2. The van der Waals surface area contributed by atoms with Gasteiger partial charge in [0.2, 0.25) is 0 Å². The fourth-order valence-corrected chi connectivity index (χ4v) is 10.4. The Labute approximate surface area is 140 Å². The molecule has 23 heavy (non-hydrogen) atoms. The van der Waals surface area contributed by atoms with Gasteiger partial charge in [-0.05, 0) is 48.2 Å². The Morgan fingerprint density at radius 2 is 1.52 bits per heavy atom. The van der Waals surface area contributed by atoms with E-state index >= 15 is 0 Å². The Kier molecular flexibility index (Phi) is 3.86. The number of hydrogen-bond acceptors (Lipinski definition) is 1. The van der Waals surface area contributed by atoms with Crippen molar-refractivity contribution < 1.29 is 4.74 Å². The van der Waals surface area contributed by atoms with Gasteiger partial charge in [-0.3, -0.25) is 0 Å². The molecule has 0 spiro atoms. The van der Waals surface area contributed by atoms with E-state index in [0.717, 1.165) is 5.75 Å². The molecule has 4 rings (SSSR count). The van der Waals surface area contributed by atoms with Crippen LogP contribution in [0.5, 0.6) is 5.75 Å². The first kappa shape index (κ1) is 14.8. The summed E-state index contributed by atoms with van der Waals surface area (Å²) >= 11 is 0. The summed E-state index contributed by atoms with van der Waals surface area (Å²) in [7, 11) is 0.267. The second-order valence-electron chi connectivity index (χ2n) is 6.84. The third kappa shape index (κ3) is 2.45. The summed E-state index contributed by atoms with van der Waals surface area (Å²) in [6.45, 7) is 0. The van der Waals surface area contributed by atoms with Crippen LogP contribution in [0.25, 0.3) is 5.57 Å². The molecular weight excluding hydrogens is 296 g/mol. The minimum absolute atomic E-state index is 0.974. The Hall–Kier alpha value is -1.80. The van der Waals surface area contributed by atoms with Crippen molar-refractivity contribution in [2.24, 2.45) is 0 Å². The minimum atomic E-state index is -1.48. The molecule has 2 heterocycles. The van der Waals surface area contributed by atoms with Crippen molar-refractivity contribution in [2.45, 2.75) is 37.8 Å². The zero-order chi connectivity index (χ0) is 15.7. The lowest BCUT2D eigenvalue weighted by molar-refractivity contribution is 0.415. The van der Waals surface area contributed by atoms with Gasteiger partial charge in [0, 0.05) is 0 Å². The zero-order valence-electron chi connectivity index (χ0n) is 13.8. The molecule has 0 radical (unpaired) electrons. The van der Waals surface area contributed by atoms with Gasteiger partial charge in [0.1, 0.15) is 13.8 Å². The van der Waals surface area contributed by atoms with Gasteiger partial charge in [0.05, 0.1) is 7.11 Å². The van der Waals surface area contributed by atoms with Crippen LogP contribution >= 0.6 is 0 Å². The van der Waals surface area contributed by atoms with E-state index in [2.05, 4.69) is 54.6 Å². The minimum Gasteiger partial charge on any atom is -0.497 e. The van der Waals surface area contributed by atoms with Crippen molar-refractivity contribution >= 4 is 18.8 Å². The highest BCUT2D eigenvalue weighted by Crippen LogP contribution is 2.47. The SMILES string of the molecule is COc1ccc([Si@]23CCCC(c4ccccc4)=C2CCC3)cc1. The second kappa shape index (κ2) is 6.01. The summed E-state index contributed by atoms with van der Waals surface area (Å²) < 4.78 is 5.36. The molecule has 2 aromatic carbocycles. The molecule has 0 aliphatic carbocycles. The van der Waals surface area contributed by atoms with E-state index in [9.17, 15) is 0 Å². The quantitative estimate of drug-likeness (QED) is 0.729. The normalized spacial score (nSPS) is 23.7. The van der Waals surface area contributed by atoms with E-state index in [1.807, 2.05) is 5.20 Å². The second-order valence-corrected chi connectivity index (χ2v) is 11.2. The highest BCUT2D eigenvalue weighted by Gasteiger charge is 2.45. The van der Waals surface area contributed by atoms with Crippen LogP contribution in [-0.4, -0.2) is 15.2 Å². The fourth-order valence-electron chi connectivity index (χ4n) is 4.72. The third-order valence-electron chi connectivity index (χ3n) is 5.77. The largest absolute Gasteiger partial charge is 0.497 e. The van der Waals surface area contributed by atoms with Crippen LogP contribution in [0, 0.1) is 0 Å². The number of allylic oxidation sites excluding steroid dienone is 2. The number of rotatable bonds is 3. The topological polar surface area (TPSA) is 9.23 Å². The smallest absolute Gasteiger partial charge is 0.118 e. The van der Waals surface area contributed by atoms with Crippen LogP contribution < -0.4 is 9.92 Å². The molecule has 0 N–H and O–H groups in total. The Morgan fingerprint density at radius 1 is 0.826 bits per heavy atom. The zero-order valence-corrected chi connectivity index (χ0v) is 14.8. The van der Waals surface area contributed by atoms with Gasteiger partial charge in [-0.15, -0.1) is 0 Å². The maximum Gasteiger partial charge on any atom is 0.118 e. The summed E-state index contributed by atoms with van der Waals surface area (Å²) in [6, 6.07) is 23.0. The first-order valence-electron chi connectivity index (χ1n) is 8.76. The highest BCUT2D eigenvalue weighted by atomic mass is 28.3. The molecule has 2 aliphatic rings.